The summed E-state index contributed by atoms with van der Waals surface area (Å²) in [5, 5.41) is 3.70. The maximum Gasteiger partial charge on any atom is 0.266 e. The summed E-state index contributed by atoms with van der Waals surface area (Å²) >= 11 is 1.29. The molecule has 0 saturated heterocycles. The second kappa shape index (κ2) is 10.8. The van der Waals surface area contributed by atoms with Gasteiger partial charge in [-0.25, -0.2) is 18.1 Å². The van der Waals surface area contributed by atoms with Gasteiger partial charge in [-0.3, -0.25) is 19.0 Å². The molecule has 3 aromatic carbocycles. The van der Waals surface area contributed by atoms with Crippen molar-refractivity contribution in [3.05, 3.63) is 89.2 Å². The van der Waals surface area contributed by atoms with Gasteiger partial charge in [0.2, 0.25) is 11.8 Å². The van der Waals surface area contributed by atoms with Gasteiger partial charge in [0, 0.05) is 24.8 Å². The van der Waals surface area contributed by atoms with E-state index in [0.717, 1.165) is 6.92 Å². The number of thioether (sulfide) groups is 1. The van der Waals surface area contributed by atoms with E-state index in [4.69, 9.17) is 0 Å². The van der Waals surface area contributed by atoms with E-state index in [1.807, 2.05) is 41.1 Å². The topological polar surface area (TPSA) is 127 Å². The van der Waals surface area contributed by atoms with Crippen LogP contribution in [-0.4, -0.2) is 35.5 Å². The zero-order valence-electron chi connectivity index (χ0n) is 19.2. The lowest BCUT2D eigenvalue weighted by atomic mass is 10.2. The van der Waals surface area contributed by atoms with E-state index in [1.165, 1.54) is 36.0 Å². The molecule has 2 N–H and O–H groups in total. The molecule has 0 aliphatic heterocycles. The molecule has 0 unspecified atom stereocenters. The van der Waals surface area contributed by atoms with E-state index in [1.54, 1.807) is 22.8 Å². The van der Waals surface area contributed by atoms with Crippen molar-refractivity contribution in [1.29, 1.82) is 0 Å². The largest absolute Gasteiger partial charge is 0.326 e. The van der Waals surface area contributed by atoms with Gasteiger partial charge in [0.1, 0.15) is 0 Å². The molecule has 9 nitrogen and oxygen atoms in total. The molecule has 4 aromatic rings. The first-order valence-corrected chi connectivity index (χ1v) is 13.3. The number of hydrogen-bond acceptors (Lipinski definition) is 7. The van der Waals surface area contributed by atoms with Crippen LogP contribution in [0.2, 0.25) is 0 Å². The number of aromatic nitrogens is 2. The van der Waals surface area contributed by atoms with Crippen LogP contribution < -0.4 is 15.6 Å². The molecule has 0 aliphatic rings. The van der Waals surface area contributed by atoms with E-state index in [-0.39, 0.29) is 22.8 Å². The lowest BCUT2D eigenvalue weighted by Gasteiger charge is -2.13. The van der Waals surface area contributed by atoms with Crippen LogP contribution in [0.15, 0.2) is 93.7 Å². The van der Waals surface area contributed by atoms with Gasteiger partial charge in [-0.2, -0.15) is 0 Å². The zero-order chi connectivity index (χ0) is 25.7. The van der Waals surface area contributed by atoms with Gasteiger partial charge in [-0.05, 0) is 48.5 Å². The third-order valence-electron chi connectivity index (χ3n) is 5.05. The minimum atomic E-state index is -3.95. The van der Waals surface area contributed by atoms with Gasteiger partial charge >= 0.3 is 0 Å². The average molecular weight is 523 g/mol. The van der Waals surface area contributed by atoms with Crippen molar-refractivity contribution in [2.75, 3.05) is 11.1 Å². The molecular formula is C25H22N4O5S2. The Bertz CT molecular complexity index is 1580. The monoisotopic (exact) mass is 522 g/mol. The minimum absolute atomic E-state index is 0.0903. The Morgan fingerprint density at radius 3 is 2.31 bits per heavy atom. The van der Waals surface area contributed by atoms with Gasteiger partial charge in [0.05, 0.1) is 21.5 Å². The standard InChI is InChI=1S/C25H22N4O5S2/c1-17(30)28-36(33,34)20-13-11-18(12-14-20)26-23(31)15-16-35-25-27-22-10-6-5-9-21(22)24(32)29(25)19-7-3-2-4-8-19/h2-14H,15-16H2,1H3,(H,26,31)(H,28,30). The first-order chi connectivity index (χ1) is 17.2. The Morgan fingerprint density at radius 1 is 0.944 bits per heavy atom. The summed E-state index contributed by atoms with van der Waals surface area (Å²) in [6.07, 6.45) is 0.133. The highest BCUT2D eigenvalue weighted by Crippen LogP contribution is 2.22. The van der Waals surface area contributed by atoms with Gasteiger partial charge in [-0.15, -0.1) is 0 Å². The Hall–Kier alpha value is -3.96. The highest BCUT2D eigenvalue weighted by molar-refractivity contribution is 7.99. The molecule has 2 amide bonds. The third kappa shape index (κ3) is 5.81. The summed E-state index contributed by atoms with van der Waals surface area (Å²) in [5.41, 5.74) is 1.49. The summed E-state index contributed by atoms with van der Waals surface area (Å²) < 4.78 is 27.5. The van der Waals surface area contributed by atoms with Crippen molar-refractivity contribution in [3.8, 4) is 5.69 Å². The van der Waals surface area contributed by atoms with Crippen LogP contribution in [0.25, 0.3) is 16.6 Å². The predicted molar refractivity (Wildman–Crippen MR) is 139 cm³/mol. The van der Waals surface area contributed by atoms with Crippen molar-refractivity contribution in [1.82, 2.24) is 14.3 Å². The van der Waals surface area contributed by atoms with Crippen molar-refractivity contribution in [3.63, 3.8) is 0 Å². The summed E-state index contributed by atoms with van der Waals surface area (Å²) in [6, 6.07) is 21.8. The lowest BCUT2D eigenvalue weighted by molar-refractivity contribution is -0.117. The molecule has 0 radical (unpaired) electrons. The Morgan fingerprint density at radius 2 is 1.61 bits per heavy atom. The second-order valence-corrected chi connectivity index (χ2v) is 10.5. The summed E-state index contributed by atoms with van der Waals surface area (Å²) in [6.45, 7) is 1.11. The molecule has 11 heteroatoms. The van der Waals surface area contributed by atoms with Crippen LogP contribution >= 0.6 is 11.8 Å². The summed E-state index contributed by atoms with van der Waals surface area (Å²) in [7, 11) is -3.95. The molecule has 1 heterocycles. The molecule has 0 saturated carbocycles. The first kappa shape index (κ1) is 25.1. The molecule has 0 aliphatic carbocycles. The van der Waals surface area contributed by atoms with E-state index in [2.05, 4.69) is 10.3 Å². The number of amides is 2. The molecule has 184 valence electrons. The Balaban J connectivity index is 1.46. The highest BCUT2D eigenvalue weighted by Gasteiger charge is 2.16. The average Bonchev–Trinajstić information content (AvgIpc) is 2.84. The smallest absolute Gasteiger partial charge is 0.266 e. The molecule has 4 rings (SSSR count). The number of rotatable bonds is 8. The van der Waals surface area contributed by atoms with Crippen molar-refractivity contribution < 1.29 is 18.0 Å². The number of nitrogens with one attached hydrogen (secondary N) is 2. The maximum absolute atomic E-state index is 13.2. The fraction of sp³-hybridized carbons (Fsp3) is 0.120. The van der Waals surface area contributed by atoms with E-state index < -0.39 is 15.9 Å². The van der Waals surface area contributed by atoms with Crippen molar-refractivity contribution >= 4 is 50.2 Å². The van der Waals surface area contributed by atoms with Crippen LogP contribution in [0.3, 0.4) is 0 Å². The maximum atomic E-state index is 13.2. The summed E-state index contributed by atoms with van der Waals surface area (Å²) in [4.78, 5) is 41.3. The van der Waals surface area contributed by atoms with E-state index >= 15 is 0 Å². The normalized spacial score (nSPS) is 11.2. The SMILES string of the molecule is CC(=O)NS(=O)(=O)c1ccc(NC(=O)CCSc2nc3ccccc3c(=O)n2-c2ccccc2)cc1. The number of benzene rings is 3. The molecule has 0 bridgehead atoms. The fourth-order valence-corrected chi connectivity index (χ4v) is 5.38. The predicted octanol–water partition coefficient (Wildman–Crippen LogP) is 3.33. The van der Waals surface area contributed by atoms with Crippen molar-refractivity contribution in [2.45, 2.75) is 23.4 Å². The zero-order valence-corrected chi connectivity index (χ0v) is 20.8. The molecule has 0 spiro atoms. The quantitative estimate of drug-likeness (QED) is 0.268. The van der Waals surface area contributed by atoms with Gasteiger partial charge in [0.25, 0.3) is 15.6 Å². The minimum Gasteiger partial charge on any atom is -0.326 e. The van der Waals surface area contributed by atoms with Crippen LogP contribution in [0, 0.1) is 0 Å². The van der Waals surface area contributed by atoms with Gasteiger partial charge in [-0.1, -0.05) is 42.1 Å². The van der Waals surface area contributed by atoms with E-state index in [9.17, 15) is 22.8 Å². The van der Waals surface area contributed by atoms with Crippen LogP contribution in [-0.2, 0) is 19.6 Å². The number of carbonyl (C=O) groups is 2. The number of anilines is 1. The highest BCUT2D eigenvalue weighted by atomic mass is 32.2. The number of fused-ring (bicyclic) bond motifs is 1. The Labute approximate surface area is 211 Å². The second-order valence-electron chi connectivity index (χ2n) is 7.72. The number of nitrogens with zero attached hydrogens (tertiary/aromatic N) is 2. The van der Waals surface area contributed by atoms with Crippen molar-refractivity contribution in [2.24, 2.45) is 0 Å². The Kier molecular flexibility index (Phi) is 7.51. The number of para-hydroxylation sites is 2. The fourth-order valence-electron chi connectivity index (χ4n) is 3.44. The number of carbonyl (C=O) groups excluding carboxylic acids is 2. The van der Waals surface area contributed by atoms with E-state index in [0.29, 0.717) is 33.2 Å². The van der Waals surface area contributed by atoms with Crippen LogP contribution in [0.4, 0.5) is 5.69 Å². The number of sulfonamides is 1. The van der Waals surface area contributed by atoms with Crippen LogP contribution in [0.1, 0.15) is 13.3 Å². The number of hydrogen-bond donors (Lipinski definition) is 2. The van der Waals surface area contributed by atoms with Gasteiger partial charge in [0.15, 0.2) is 5.16 Å². The van der Waals surface area contributed by atoms with Gasteiger partial charge < -0.3 is 5.32 Å². The molecule has 1 aromatic heterocycles. The lowest BCUT2D eigenvalue weighted by Crippen LogP contribution is -2.28. The first-order valence-electron chi connectivity index (χ1n) is 10.9. The third-order valence-corrected chi connectivity index (χ3v) is 7.44. The molecule has 0 atom stereocenters. The summed E-state index contributed by atoms with van der Waals surface area (Å²) in [5.74, 6) is -0.615. The molecule has 0 fully saturated rings. The van der Waals surface area contributed by atoms with Crippen LogP contribution in [0.5, 0.6) is 0 Å². The molecular weight excluding hydrogens is 500 g/mol. The molecule has 36 heavy (non-hydrogen) atoms.